The summed E-state index contributed by atoms with van der Waals surface area (Å²) in [5.74, 6) is 0. The summed E-state index contributed by atoms with van der Waals surface area (Å²) in [6.45, 7) is 1.88. The number of benzene rings is 1. The van der Waals surface area contributed by atoms with Crippen LogP contribution in [0.5, 0.6) is 0 Å². The Kier molecular flexibility index (Phi) is 2.56. The highest BCUT2D eigenvalue weighted by atomic mass is 79.9. The molecule has 3 nitrogen and oxygen atoms in total. The molecule has 1 aromatic heterocycles. The van der Waals surface area contributed by atoms with E-state index in [1.54, 1.807) is 0 Å². The van der Waals surface area contributed by atoms with Crippen LogP contribution in [0.3, 0.4) is 0 Å². The maximum atomic E-state index is 12.0. The van der Waals surface area contributed by atoms with Crippen molar-refractivity contribution in [3.05, 3.63) is 44.3 Å². The van der Waals surface area contributed by atoms with Crippen LogP contribution in [0.1, 0.15) is 11.3 Å². The van der Waals surface area contributed by atoms with Crippen molar-refractivity contribution in [1.29, 1.82) is 0 Å². The zero-order chi connectivity index (χ0) is 12.0. The zero-order valence-corrected chi connectivity index (χ0v) is 11.2. The van der Waals surface area contributed by atoms with Gasteiger partial charge in [-0.15, -0.1) is 0 Å². The normalized spacial score (nSPS) is 16.1. The van der Waals surface area contributed by atoms with Crippen molar-refractivity contribution in [2.45, 2.75) is 13.0 Å². The second-order valence-electron chi connectivity index (χ2n) is 4.59. The van der Waals surface area contributed by atoms with Gasteiger partial charge in [0.2, 0.25) is 0 Å². The van der Waals surface area contributed by atoms with Crippen LogP contribution in [0.25, 0.3) is 10.8 Å². The van der Waals surface area contributed by atoms with Gasteiger partial charge in [-0.2, -0.15) is 0 Å². The maximum absolute atomic E-state index is 12.0. The van der Waals surface area contributed by atoms with Gasteiger partial charge in [-0.3, -0.25) is 4.79 Å². The van der Waals surface area contributed by atoms with E-state index in [0.717, 1.165) is 40.4 Å². The number of fused-ring (bicyclic) bond motifs is 3. The first-order valence-corrected chi connectivity index (χ1v) is 6.46. The van der Waals surface area contributed by atoms with Gasteiger partial charge in [-0.05, 0) is 36.6 Å². The zero-order valence-electron chi connectivity index (χ0n) is 9.59. The van der Waals surface area contributed by atoms with Gasteiger partial charge in [-0.1, -0.05) is 22.0 Å². The lowest BCUT2D eigenvalue weighted by Crippen LogP contribution is -2.29. The topological polar surface area (TPSA) is 36.1 Å². The molecule has 1 aromatic carbocycles. The van der Waals surface area contributed by atoms with E-state index in [4.69, 9.17) is 0 Å². The third-order valence-electron chi connectivity index (χ3n) is 3.35. The fraction of sp³-hybridized carbons (Fsp3) is 0.308. The molecule has 0 atom stereocenters. The third kappa shape index (κ3) is 1.81. The Morgan fingerprint density at radius 2 is 2.18 bits per heavy atom. The van der Waals surface area contributed by atoms with E-state index in [1.807, 2.05) is 18.2 Å². The minimum absolute atomic E-state index is 0.00958. The van der Waals surface area contributed by atoms with Gasteiger partial charge in [0, 0.05) is 28.6 Å². The minimum Gasteiger partial charge on any atom is -0.324 e. The van der Waals surface area contributed by atoms with Crippen LogP contribution in [0, 0.1) is 0 Å². The molecule has 2 heterocycles. The highest BCUT2D eigenvalue weighted by Crippen LogP contribution is 2.25. The van der Waals surface area contributed by atoms with E-state index in [0.29, 0.717) is 0 Å². The average Bonchev–Trinajstić information content (AvgIpc) is 2.29. The van der Waals surface area contributed by atoms with Crippen molar-refractivity contribution in [2.75, 3.05) is 13.6 Å². The Labute approximate surface area is 108 Å². The second kappa shape index (κ2) is 3.96. The summed E-state index contributed by atoms with van der Waals surface area (Å²) >= 11 is 3.41. The quantitative estimate of drug-likeness (QED) is 0.809. The molecule has 0 aliphatic carbocycles. The van der Waals surface area contributed by atoms with Crippen LogP contribution in [-0.2, 0) is 13.0 Å². The summed E-state index contributed by atoms with van der Waals surface area (Å²) in [6.07, 6.45) is 1.00. The summed E-state index contributed by atoms with van der Waals surface area (Å²) in [7, 11) is 2.08. The number of hydrogen-bond acceptors (Lipinski definition) is 2. The number of rotatable bonds is 0. The van der Waals surface area contributed by atoms with Crippen molar-refractivity contribution >= 4 is 26.7 Å². The van der Waals surface area contributed by atoms with Crippen LogP contribution in [0.4, 0.5) is 0 Å². The molecule has 17 heavy (non-hydrogen) atoms. The minimum atomic E-state index is 0.00958. The van der Waals surface area contributed by atoms with E-state index in [9.17, 15) is 4.79 Å². The summed E-state index contributed by atoms with van der Waals surface area (Å²) in [5, 5.41) is 1.88. The van der Waals surface area contributed by atoms with Gasteiger partial charge in [0.1, 0.15) is 0 Å². The predicted molar refractivity (Wildman–Crippen MR) is 72.3 cm³/mol. The van der Waals surface area contributed by atoms with E-state index >= 15 is 0 Å². The molecule has 0 saturated heterocycles. The molecule has 0 amide bonds. The fourth-order valence-corrected chi connectivity index (χ4v) is 2.84. The van der Waals surface area contributed by atoms with E-state index < -0.39 is 0 Å². The lowest BCUT2D eigenvalue weighted by Gasteiger charge is -2.25. The van der Waals surface area contributed by atoms with E-state index in [-0.39, 0.29) is 5.56 Å². The first-order valence-electron chi connectivity index (χ1n) is 5.67. The number of hydrogen-bond donors (Lipinski definition) is 1. The largest absolute Gasteiger partial charge is 0.324 e. The van der Waals surface area contributed by atoms with Crippen LogP contribution >= 0.6 is 15.9 Å². The molecule has 2 aromatic rings. The molecule has 0 fully saturated rings. The Hall–Kier alpha value is -1.13. The average molecular weight is 293 g/mol. The Morgan fingerprint density at radius 3 is 3.00 bits per heavy atom. The van der Waals surface area contributed by atoms with E-state index in [2.05, 4.69) is 32.9 Å². The Bertz CT molecular complexity index is 648. The predicted octanol–water partition coefficient (Wildman–Crippen LogP) is 2.28. The third-order valence-corrected chi connectivity index (χ3v) is 3.84. The molecule has 1 N–H and O–H groups in total. The Balaban J connectivity index is 2.35. The van der Waals surface area contributed by atoms with Crippen molar-refractivity contribution in [3.63, 3.8) is 0 Å². The van der Waals surface area contributed by atoms with Gasteiger partial charge in [0.15, 0.2) is 0 Å². The monoisotopic (exact) mass is 292 g/mol. The summed E-state index contributed by atoms with van der Waals surface area (Å²) in [5.41, 5.74) is 2.37. The number of aromatic nitrogens is 1. The first kappa shape index (κ1) is 11.0. The maximum Gasteiger partial charge on any atom is 0.256 e. The van der Waals surface area contributed by atoms with Gasteiger partial charge in [0.05, 0.1) is 0 Å². The molecule has 0 spiro atoms. The van der Waals surface area contributed by atoms with Gasteiger partial charge >= 0.3 is 0 Å². The molecule has 0 bridgehead atoms. The number of aromatic amines is 1. The molecule has 3 rings (SSSR count). The van der Waals surface area contributed by atoms with Crippen molar-refractivity contribution in [1.82, 2.24) is 9.88 Å². The number of nitrogens with one attached hydrogen (secondary N) is 1. The molecule has 1 aliphatic rings. The van der Waals surface area contributed by atoms with Crippen molar-refractivity contribution in [2.24, 2.45) is 0 Å². The van der Waals surface area contributed by atoms with Crippen LogP contribution in [0.2, 0.25) is 0 Å². The highest BCUT2D eigenvalue weighted by molar-refractivity contribution is 9.10. The SMILES string of the molecule is CN1CCc2c([nH]c(=O)c3cc(Br)ccc23)C1. The number of H-pyrrole nitrogens is 1. The highest BCUT2D eigenvalue weighted by Gasteiger charge is 2.17. The number of likely N-dealkylation sites (N-methyl/N-ethyl adjacent to an activating group) is 1. The summed E-state index contributed by atoms with van der Waals surface area (Å²) in [4.78, 5) is 17.3. The lowest BCUT2D eigenvalue weighted by molar-refractivity contribution is 0.308. The van der Waals surface area contributed by atoms with Gasteiger partial charge in [-0.25, -0.2) is 0 Å². The van der Waals surface area contributed by atoms with Crippen LogP contribution in [-0.4, -0.2) is 23.5 Å². The second-order valence-corrected chi connectivity index (χ2v) is 5.50. The molecule has 0 unspecified atom stereocenters. The first-order chi connectivity index (χ1) is 8.15. The molecule has 88 valence electrons. The molecule has 4 heteroatoms. The van der Waals surface area contributed by atoms with Crippen molar-refractivity contribution in [3.8, 4) is 0 Å². The molecular weight excluding hydrogens is 280 g/mol. The molecule has 0 saturated carbocycles. The molecule has 1 aliphatic heterocycles. The fourth-order valence-electron chi connectivity index (χ4n) is 2.48. The van der Waals surface area contributed by atoms with Gasteiger partial charge < -0.3 is 9.88 Å². The Morgan fingerprint density at radius 1 is 1.35 bits per heavy atom. The van der Waals surface area contributed by atoms with E-state index in [1.165, 1.54) is 5.56 Å². The number of pyridine rings is 1. The number of halogens is 1. The summed E-state index contributed by atoms with van der Waals surface area (Å²) < 4.78 is 0.948. The van der Waals surface area contributed by atoms with Crippen molar-refractivity contribution < 1.29 is 0 Å². The summed E-state index contributed by atoms with van der Waals surface area (Å²) in [6, 6.07) is 5.94. The standard InChI is InChI=1S/C13H13BrN2O/c1-16-5-4-10-9-3-2-8(14)6-11(9)13(17)15-12(10)7-16/h2-3,6H,4-5,7H2,1H3,(H,15,17). The molecule has 0 radical (unpaired) electrons. The lowest BCUT2D eigenvalue weighted by atomic mass is 9.98. The smallest absolute Gasteiger partial charge is 0.256 e. The van der Waals surface area contributed by atoms with Crippen LogP contribution in [0.15, 0.2) is 27.5 Å². The number of nitrogens with zero attached hydrogens (tertiary/aromatic N) is 1. The molecular formula is C13H13BrN2O. The van der Waals surface area contributed by atoms with Crippen LogP contribution < -0.4 is 5.56 Å². The van der Waals surface area contributed by atoms with Gasteiger partial charge in [0.25, 0.3) is 5.56 Å².